The van der Waals surface area contributed by atoms with Gasteiger partial charge in [0.1, 0.15) is 5.60 Å². The van der Waals surface area contributed by atoms with E-state index in [-0.39, 0.29) is 6.09 Å². The zero-order valence-corrected chi connectivity index (χ0v) is 11.2. The monoisotopic (exact) mass is 240 g/mol. The maximum atomic E-state index is 12.0. The van der Waals surface area contributed by atoms with Gasteiger partial charge in [0.15, 0.2) is 0 Å². The Hall–Kier alpha value is -0.770. The molecule has 0 aromatic carbocycles. The van der Waals surface area contributed by atoms with Crippen LogP contribution >= 0.6 is 0 Å². The average Bonchev–Trinajstić information content (AvgIpc) is 3.02. The van der Waals surface area contributed by atoms with Gasteiger partial charge in [0.25, 0.3) is 0 Å². The number of carbonyl (C=O) groups excluding carboxylic acids is 1. The van der Waals surface area contributed by atoms with Crippen molar-refractivity contribution in [2.75, 3.05) is 19.6 Å². The second-order valence-electron chi connectivity index (χ2n) is 6.18. The van der Waals surface area contributed by atoms with Crippen molar-refractivity contribution < 1.29 is 9.53 Å². The molecule has 1 aliphatic heterocycles. The minimum absolute atomic E-state index is 0.160. The number of amides is 1. The molecular weight excluding hydrogens is 216 g/mol. The van der Waals surface area contributed by atoms with Crippen LogP contribution in [0.3, 0.4) is 0 Å². The highest BCUT2D eigenvalue weighted by Gasteiger charge is 2.35. The van der Waals surface area contributed by atoms with E-state index >= 15 is 0 Å². The predicted octanol–water partition coefficient (Wildman–Crippen LogP) is 2.00. The molecule has 1 saturated heterocycles. The molecule has 1 heterocycles. The largest absolute Gasteiger partial charge is 0.444 e. The van der Waals surface area contributed by atoms with Gasteiger partial charge in [-0.3, -0.25) is 0 Å². The Morgan fingerprint density at radius 1 is 1.35 bits per heavy atom. The van der Waals surface area contributed by atoms with Crippen molar-refractivity contribution in [3.63, 3.8) is 0 Å². The summed E-state index contributed by atoms with van der Waals surface area (Å²) < 4.78 is 5.44. The van der Waals surface area contributed by atoms with Gasteiger partial charge in [-0.1, -0.05) is 0 Å². The number of hydrogen-bond acceptors (Lipinski definition) is 3. The third-order valence-electron chi connectivity index (χ3n) is 3.27. The lowest BCUT2D eigenvalue weighted by Crippen LogP contribution is -2.43. The first-order valence-electron chi connectivity index (χ1n) is 6.67. The molecule has 0 aromatic rings. The van der Waals surface area contributed by atoms with Crippen molar-refractivity contribution in [3.8, 4) is 0 Å². The molecule has 1 saturated carbocycles. The lowest BCUT2D eigenvalue weighted by atomic mass is 10.2. The van der Waals surface area contributed by atoms with Crippen LogP contribution in [-0.2, 0) is 4.74 Å². The molecule has 1 aliphatic carbocycles. The smallest absolute Gasteiger partial charge is 0.410 e. The minimum atomic E-state index is -0.397. The van der Waals surface area contributed by atoms with E-state index in [0.717, 1.165) is 32.0 Å². The summed E-state index contributed by atoms with van der Waals surface area (Å²) in [6, 6.07) is 0.477. The topological polar surface area (TPSA) is 41.6 Å². The molecule has 2 fully saturated rings. The van der Waals surface area contributed by atoms with Gasteiger partial charge in [-0.05, 0) is 52.5 Å². The van der Waals surface area contributed by atoms with Crippen LogP contribution in [0.25, 0.3) is 0 Å². The van der Waals surface area contributed by atoms with Crippen molar-refractivity contribution in [1.82, 2.24) is 10.2 Å². The van der Waals surface area contributed by atoms with E-state index in [1.165, 1.54) is 12.8 Å². The van der Waals surface area contributed by atoms with E-state index in [0.29, 0.717) is 6.04 Å². The minimum Gasteiger partial charge on any atom is -0.444 e. The van der Waals surface area contributed by atoms with E-state index in [9.17, 15) is 4.79 Å². The fourth-order valence-electron chi connectivity index (χ4n) is 2.26. The molecule has 0 spiro atoms. The summed E-state index contributed by atoms with van der Waals surface area (Å²) in [6.07, 6.45) is 3.47. The average molecular weight is 240 g/mol. The number of nitrogens with zero attached hydrogens (tertiary/aromatic N) is 1. The molecule has 2 rings (SSSR count). The number of carbonyl (C=O) groups is 1. The maximum Gasteiger partial charge on any atom is 0.410 e. The third-order valence-corrected chi connectivity index (χ3v) is 3.27. The van der Waals surface area contributed by atoms with Gasteiger partial charge in [-0.15, -0.1) is 0 Å². The molecule has 1 atom stereocenters. The Kier molecular flexibility index (Phi) is 3.61. The molecule has 2 aliphatic rings. The highest BCUT2D eigenvalue weighted by Crippen LogP contribution is 2.33. The van der Waals surface area contributed by atoms with Crippen molar-refractivity contribution in [1.29, 1.82) is 0 Å². The molecule has 4 heteroatoms. The molecule has 4 nitrogen and oxygen atoms in total. The molecular formula is C13H24N2O2. The molecule has 1 amide bonds. The zero-order chi connectivity index (χ0) is 12.5. The molecule has 0 bridgehead atoms. The Labute approximate surface area is 104 Å². The normalized spacial score (nSPS) is 26.5. The van der Waals surface area contributed by atoms with Crippen LogP contribution in [0.15, 0.2) is 0 Å². The molecule has 98 valence electrons. The molecule has 1 unspecified atom stereocenters. The van der Waals surface area contributed by atoms with E-state index < -0.39 is 5.60 Å². The standard InChI is InChI=1S/C13H24N2O2/c1-13(2,3)17-12(16)15-8-4-7-14-11(9-15)10-5-6-10/h10-11,14H,4-9H2,1-3H3. The summed E-state index contributed by atoms with van der Waals surface area (Å²) in [5, 5.41) is 3.54. The van der Waals surface area contributed by atoms with Crippen LogP contribution in [-0.4, -0.2) is 42.3 Å². The van der Waals surface area contributed by atoms with Gasteiger partial charge >= 0.3 is 6.09 Å². The van der Waals surface area contributed by atoms with E-state index in [4.69, 9.17) is 4.74 Å². The van der Waals surface area contributed by atoms with Crippen LogP contribution in [0.1, 0.15) is 40.0 Å². The lowest BCUT2D eigenvalue weighted by molar-refractivity contribution is 0.0244. The van der Waals surface area contributed by atoms with Gasteiger partial charge in [-0.2, -0.15) is 0 Å². The molecule has 0 radical (unpaired) electrons. The van der Waals surface area contributed by atoms with Crippen LogP contribution in [0.2, 0.25) is 0 Å². The predicted molar refractivity (Wildman–Crippen MR) is 66.9 cm³/mol. The van der Waals surface area contributed by atoms with Crippen molar-refractivity contribution in [2.45, 2.75) is 51.7 Å². The molecule has 1 N–H and O–H groups in total. The lowest BCUT2D eigenvalue weighted by Gasteiger charge is -2.28. The van der Waals surface area contributed by atoms with Crippen LogP contribution < -0.4 is 5.32 Å². The van der Waals surface area contributed by atoms with Crippen LogP contribution in [0.5, 0.6) is 0 Å². The number of rotatable bonds is 1. The summed E-state index contributed by atoms with van der Waals surface area (Å²) in [4.78, 5) is 13.9. The van der Waals surface area contributed by atoms with E-state index in [2.05, 4.69) is 5.32 Å². The summed E-state index contributed by atoms with van der Waals surface area (Å²) in [5.41, 5.74) is -0.397. The van der Waals surface area contributed by atoms with Gasteiger partial charge in [0, 0.05) is 19.1 Å². The zero-order valence-electron chi connectivity index (χ0n) is 11.2. The third kappa shape index (κ3) is 3.87. The first-order valence-corrected chi connectivity index (χ1v) is 6.67. The van der Waals surface area contributed by atoms with Crippen LogP contribution in [0, 0.1) is 5.92 Å². The Bertz CT molecular complexity index is 282. The summed E-state index contributed by atoms with van der Waals surface area (Å²) in [6.45, 7) is 8.38. The fraction of sp³-hybridized carbons (Fsp3) is 0.923. The number of ether oxygens (including phenoxy) is 1. The molecule has 0 aromatic heterocycles. The van der Waals surface area contributed by atoms with Gasteiger partial charge in [0.05, 0.1) is 0 Å². The Morgan fingerprint density at radius 3 is 2.65 bits per heavy atom. The van der Waals surface area contributed by atoms with E-state index in [1.54, 1.807) is 0 Å². The SMILES string of the molecule is CC(C)(C)OC(=O)N1CCCNC(C2CC2)C1. The second-order valence-corrected chi connectivity index (χ2v) is 6.18. The first-order chi connectivity index (χ1) is 7.96. The van der Waals surface area contributed by atoms with Crippen LogP contribution in [0.4, 0.5) is 4.79 Å². The fourth-order valence-corrected chi connectivity index (χ4v) is 2.26. The van der Waals surface area contributed by atoms with Crippen molar-refractivity contribution >= 4 is 6.09 Å². The highest BCUT2D eigenvalue weighted by atomic mass is 16.6. The highest BCUT2D eigenvalue weighted by molar-refractivity contribution is 5.68. The summed E-state index contributed by atoms with van der Waals surface area (Å²) in [5.74, 6) is 0.776. The number of hydrogen-bond donors (Lipinski definition) is 1. The van der Waals surface area contributed by atoms with Crippen molar-refractivity contribution in [2.24, 2.45) is 5.92 Å². The summed E-state index contributed by atoms with van der Waals surface area (Å²) >= 11 is 0. The van der Waals surface area contributed by atoms with Gasteiger partial charge in [0.2, 0.25) is 0 Å². The first kappa shape index (κ1) is 12.7. The van der Waals surface area contributed by atoms with Crippen molar-refractivity contribution in [3.05, 3.63) is 0 Å². The Balaban J connectivity index is 1.91. The second kappa shape index (κ2) is 4.84. The summed E-state index contributed by atoms with van der Waals surface area (Å²) in [7, 11) is 0. The maximum absolute atomic E-state index is 12.0. The van der Waals surface area contributed by atoms with Gasteiger partial charge < -0.3 is 15.0 Å². The Morgan fingerprint density at radius 2 is 2.06 bits per heavy atom. The quantitative estimate of drug-likeness (QED) is 0.762. The van der Waals surface area contributed by atoms with E-state index in [1.807, 2.05) is 25.7 Å². The number of nitrogens with one attached hydrogen (secondary N) is 1. The van der Waals surface area contributed by atoms with Gasteiger partial charge in [-0.25, -0.2) is 4.79 Å². The molecule has 17 heavy (non-hydrogen) atoms.